The number of benzene rings is 1. The predicted octanol–water partition coefficient (Wildman–Crippen LogP) is 5.57. The molecule has 3 nitrogen and oxygen atoms in total. The second kappa shape index (κ2) is 8.06. The molecule has 1 aromatic carbocycles. The molecule has 0 atom stereocenters. The lowest BCUT2D eigenvalue weighted by Crippen LogP contribution is -2.09. The molecule has 0 radical (unpaired) electrons. The summed E-state index contributed by atoms with van der Waals surface area (Å²) in [6, 6.07) is 14.2. The van der Waals surface area contributed by atoms with E-state index in [0.29, 0.717) is 0 Å². The number of carbonyl (C=O) groups is 1. The van der Waals surface area contributed by atoms with Crippen LogP contribution in [0.2, 0.25) is 0 Å². The zero-order chi connectivity index (χ0) is 17.8. The maximum atomic E-state index is 12.5. The number of aryl methyl sites for hydroxylation is 2. The third kappa shape index (κ3) is 4.17. The molecule has 0 aliphatic heterocycles. The molecule has 132 valence electrons. The molecule has 2 heterocycles. The van der Waals surface area contributed by atoms with Gasteiger partial charge in [0, 0.05) is 33.6 Å². The Morgan fingerprint density at radius 3 is 2.77 bits per heavy atom. The number of amides is 1. The minimum atomic E-state index is 0.000151. The van der Waals surface area contributed by atoms with Gasteiger partial charge in [0.25, 0.3) is 5.91 Å². The van der Waals surface area contributed by atoms with Gasteiger partial charge in [-0.3, -0.25) is 9.78 Å². The first kappa shape index (κ1) is 17.3. The standard InChI is InChI=1S/C21H20N2OS2/c24-21(20-12-16-5-1-2-6-19(16)26-20)23-17-7-9-18(10-8-17)25-14-15-4-3-11-22-13-15/h3-4,7-13H,1-2,5-6,14H2,(H,23,24). The first-order valence-corrected chi connectivity index (χ1v) is 10.6. The summed E-state index contributed by atoms with van der Waals surface area (Å²) in [5.74, 6) is 0.889. The minimum absolute atomic E-state index is 0.000151. The van der Waals surface area contributed by atoms with Gasteiger partial charge in [0.15, 0.2) is 0 Å². The van der Waals surface area contributed by atoms with E-state index in [4.69, 9.17) is 0 Å². The number of aromatic nitrogens is 1. The van der Waals surface area contributed by atoms with Crippen LogP contribution in [0.3, 0.4) is 0 Å². The highest BCUT2D eigenvalue weighted by Crippen LogP contribution is 2.30. The lowest BCUT2D eigenvalue weighted by atomic mass is 9.99. The Labute approximate surface area is 161 Å². The number of nitrogens with one attached hydrogen (secondary N) is 1. The smallest absolute Gasteiger partial charge is 0.265 e. The summed E-state index contributed by atoms with van der Waals surface area (Å²) in [6.07, 6.45) is 8.39. The van der Waals surface area contributed by atoms with Crippen LogP contribution in [-0.2, 0) is 18.6 Å². The van der Waals surface area contributed by atoms with Crippen LogP contribution in [0, 0.1) is 0 Å². The van der Waals surface area contributed by atoms with Crippen LogP contribution in [0.1, 0.15) is 38.5 Å². The fourth-order valence-corrected chi connectivity index (χ4v) is 5.06. The van der Waals surface area contributed by atoms with Crippen LogP contribution in [0.25, 0.3) is 0 Å². The predicted molar refractivity (Wildman–Crippen MR) is 109 cm³/mol. The summed E-state index contributed by atoms with van der Waals surface area (Å²) in [6.45, 7) is 0. The van der Waals surface area contributed by atoms with E-state index in [9.17, 15) is 4.79 Å². The molecule has 5 heteroatoms. The first-order valence-electron chi connectivity index (χ1n) is 8.82. The van der Waals surface area contributed by atoms with E-state index in [2.05, 4.69) is 34.6 Å². The van der Waals surface area contributed by atoms with Crippen molar-refractivity contribution in [3.63, 3.8) is 0 Å². The third-order valence-corrected chi connectivity index (χ3v) is 6.78. The van der Waals surface area contributed by atoms with Crippen molar-refractivity contribution in [2.45, 2.75) is 36.3 Å². The highest BCUT2D eigenvalue weighted by molar-refractivity contribution is 7.98. The SMILES string of the molecule is O=C(Nc1ccc(SCc2cccnc2)cc1)c1cc2c(s1)CCCC2. The Hall–Kier alpha value is -2.11. The van der Waals surface area contributed by atoms with Gasteiger partial charge in [0.05, 0.1) is 4.88 Å². The van der Waals surface area contributed by atoms with Crippen molar-refractivity contribution in [2.24, 2.45) is 0 Å². The van der Waals surface area contributed by atoms with Crippen molar-refractivity contribution in [3.8, 4) is 0 Å². The summed E-state index contributed by atoms with van der Waals surface area (Å²) >= 11 is 3.41. The van der Waals surface area contributed by atoms with Crippen molar-refractivity contribution in [3.05, 3.63) is 75.7 Å². The van der Waals surface area contributed by atoms with Crippen LogP contribution in [-0.4, -0.2) is 10.9 Å². The summed E-state index contributed by atoms with van der Waals surface area (Å²) in [5, 5.41) is 3.02. The fourth-order valence-electron chi connectivity index (χ4n) is 3.08. The van der Waals surface area contributed by atoms with Gasteiger partial charge in [0.2, 0.25) is 0 Å². The fraction of sp³-hybridized carbons (Fsp3) is 0.238. The maximum Gasteiger partial charge on any atom is 0.265 e. The number of carbonyl (C=O) groups excluding carboxylic acids is 1. The zero-order valence-corrected chi connectivity index (χ0v) is 16.0. The number of hydrogen-bond acceptors (Lipinski definition) is 4. The molecule has 4 rings (SSSR count). The molecule has 0 unspecified atom stereocenters. The highest BCUT2D eigenvalue weighted by Gasteiger charge is 2.17. The quantitative estimate of drug-likeness (QED) is 0.589. The number of thiophene rings is 1. The topological polar surface area (TPSA) is 42.0 Å². The molecule has 3 aromatic rings. The van der Waals surface area contributed by atoms with Gasteiger partial charge in [-0.25, -0.2) is 0 Å². The second-order valence-corrected chi connectivity index (χ2v) is 8.58. The van der Waals surface area contributed by atoms with Gasteiger partial charge in [-0.1, -0.05) is 6.07 Å². The molecule has 1 N–H and O–H groups in total. The summed E-state index contributed by atoms with van der Waals surface area (Å²) in [7, 11) is 0. The lowest BCUT2D eigenvalue weighted by molar-refractivity contribution is 0.103. The van der Waals surface area contributed by atoms with Gasteiger partial charge in [0.1, 0.15) is 0 Å². The summed E-state index contributed by atoms with van der Waals surface area (Å²) in [4.78, 5) is 20.0. The van der Waals surface area contributed by atoms with Crippen molar-refractivity contribution in [1.29, 1.82) is 0 Å². The number of thioether (sulfide) groups is 1. The maximum absolute atomic E-state index is 12.5. The second-order valence-electron chi connectivity index (χ2n) is 6.39. The first-order chi connectivity index (χ1) is 12.8. The monoisotopic (exact) mass is 380 g/mol. The number of anilines is 1. The number of nitrogens with zero attached hydrogens (tertiary/aromatic N) is 1. The Kier molecular flexibility index (Phi) is 5.37. The van der Waals surface area contributed by atoms with Gasteiger partial charge in [-0.05, 0) is 73.2 Å². The molecule has 0 fully saturated rings. The summed E-state index contributed by atoms with van der Waals surface area (Å²) in [5.41, 5.74) is 3.41. The molecule has 0 saturated carbocycles. The molecule has 1 amide bonds. The van der Waals surface area contributed by atoms with Crippen LogP contribution in [0.15, 0.2) is 59.8 Å². The van der Waals surface area contributed by atoms with Crippen LogP contribution < -0.4 is 5.32 Å². The number of hydrogen-bond donors (Lipinski definition) is 1. The van der Waals surface area contributed by atoms with E-state index in [1.54, 1.807) is 29.3 Å². The molecule has 2 aromatic heterocycles. The lowest BCUT2D eigenvalue weighted by Gasteiger charge is -2.08. The Morgan fingerprint density at radius 1 is 1.15 bits per heavy atom. The molecule has 0 saturated heterocycles. The van der Waals surface area contributed by atoms with Crippen LogP contribution >= 0.6 is 23.1 Å². The molecule has 0 bridgehead atoms. The van der Waals surface area contributed by atoms with E-state index in [0.717, 1.165) is 29.2 Å². The molecule has 0 spiro atoms. The number of fused-ring (bicyclic) bond motifs is 1. The Bertz CT molecular complexity index is 865. The normalized spacial score (nSPS) is 13.2. The van der Waals surface area contributed by atoms with E-state index in [1.807, 2.05) is 24.4 Å². The Balaban J connectivity index is 1.36. The number of pyridine rings is 1. The van der Waals surface area contributed by atoms with Gasteiger partial charge < -0.3 is 5.32 Å². The summed E-state index contributed by atoms with van der Waals surface area (Å²) < 4.78 is 0. The molecular formula is C21H20N2OS2. The average Bonchev–Trinajstić information content (AvgIpc) is 3.13. The van der Waals surface area contributed by atoms with Gasteiger partial charge >= 0.3 is 0 Å². The van der Waals surface area contributed by atoms with Gasteiger partial charge in [-0.15, -0.1) is 23.1 Å². The number of rotatable bonds is 5. The van der Waals surface area contributed by atoms with E-state index >= 15 is 0 Å². The molecule has 1 aliphatic rings. The Morgan fingerprint density at radius 2 is 2.00 bits per heavy atom. The molecule has 26 heavy (non-hydrogen) atoms. The molecule has 1 aliphatic carbocycles. The highest BCUT2D eigenvalue weighted by atomic mass is 32.2. The van der Waals surface area contributed by atoms with Crippen LogP contribution in [0.4, 0.5) is 5.69 Å². The van der Waals surface area contributed by atoms with E-state index < -0.39 is 0 Å². The van der Waals surface area contributed by atoms with Gasteiger partial charge in [-0.2, -0.15) is 0 Å². The van der Waals surface area contributed by atoms with Crippen molar-refractivity contribution in [1.82, 2.24) is 4.98 Å². The largest absolute Gasteiger partial charge is 0.321 e. The average molecular weight is 381 g/mol. The van der Waals surface area contributed by atoms with Crippen molar-refractivity contribution in [2.75, 3.05) is 5.32 Å². The molecular weight excluding hydrogens is 360 g/mol. The van der Waals surface area contributed by atoms with Crippen molar-refractivity contribution >= 4 is 34.7 Å². The van der Waals surface area contributed by atoms with Crippen molar-refractivity contribution < 1.29 is 4.79 Å². The zero-order valence-electron chi connectivity index (χ0n) is 14.4. The minimum Gasteiger partial charge on any atom is -0.321 e. The van der Waals surface area contributed by atoms with E-state index in [-0.39, 0.29) is 5.91 Å². The third-order valence-electron chi connectivity index (χ3n) is 4.46. The van der Waals surface area contributed by atoms with Crippen LogP contribution in [0.5, 0.6) is 0 Å². The van der Waals surface area contributed by atoms with E-state index in [1.165, 1.54) is 33.7 Å².